The van der Waals surface area contributed by atoms with Gasteiger partial charge >= 0.3 is 0 Å². The standard InChI is InChI=1S/C15H21N3/c1-12-9-15(18-7-3-2-4-8-18)13(10-16-12)11-17-14-5-6-14/h2-3,9-10,14,17H,4-8,11H2,1H3. The first-order valence-corrected chi connectivity index (χ1v) is 6.92. The van der Waals surface area contributed by atoms with Crippen molar-refractivity contribution in [2.75, 3.05) is 18.0 Å². The van der Waals surface area contributed by atoms with Crippen LogP contribution in [-0.2, 0) is 6.54 Å². The van der Waals surface area contributed by atoms with E-state index >= 15 is 0 Å². The third-order valence-corrected chi connectivity index (χ3v) is 3.66. The smallest absolute Gasteiger partial charge is 0.0448 e. The van der Waals surface area contributed by atoms with Crippen LogP contribution in [0, 0.1) is 6.92 Å². The summed E-state index contributed by atoms with van der Waals surface area (Å²) in [4.78, 5) is 6.91. The van der Waals surface area contributed by atoms with Gasteiger partial charge in [-0.05, 0) is 32.3 Å². The average molecular weight is 243 g/mol. The number of aryl methyl sites for hydroxylation is 1. The summed E-state index contributed by atoms with van der Waals surface area (Å²) in [5, 5.41) is 3.59. The SMILES string of the molecule is Cc1cc(N2CC=CCC2)c(CNC2CC2)cn1. The van der Waals surface area contributed by atoms with Crippen LogP contribution in [0.25, 0.3) is 0 Å². The molecule has 3 rings (SSSR count). The van der Waals surface area contributed by atoms with E-state index in [2.05, 4.69) is 40.3 Å². The zero-order valence-corrected chi connectivity index (χ0v) is 11.0. The van der Waals surface area contributed by atoms with E-state index in [0.29, 0.717) is 0 Å². The van der Waals surface area contributed by atoms with Gasteiger partial charge in [0.15, 0.2) is 0 Å². The quantitative estimate of drug-likeness (QED) is 0.823. The van der Waals surface area contributed by atoms with Crippen molar-refractivity contribution in [3.05, 3.63) is 35.7 Å². The highest BCUT2D eigenvalue weighted by Gasteiger charge is 2.21. The predicted octanol–water partition coefficient (Wildman–Crippen LogP) is 2.41. The molecular weight excluding hydrogens is 222 g/mol. The van der Waals surface area contributed by atoms with Gasteiger partial charge in [-0.3, -0.25) is 4.98 Å². The van der Waals surface area contributed by atoms with Crippen LogP contribution in [-0.4, -0.2) is 24.1 Å². The Kier molecular flexibility index (Phi) is 3.33. The molecule has 1 aliphatic heterocycles. The van der Waals surface area contributed by atoms with E-state index in [1.165, 1.54) is 24.1 Å². The Bertz CT molecular complexity index is 449. The minimum absolute atomic E-state index is 0.750. The fourth-order valence-electron chi connectivity index (χ4n) is 2.41. The maximum absolute atomic E-state index is 4.45. The van der Waals surface area contributed by atoms with E-state index in [1.807, 2.05) is 6.20 Å². The van der Waals surface area contributed by atoms with Gasteiger partial charge in [0.2, 0.25) is 0 Å². The van der Waals surface area contributed by atoms with E-state index in [1.54, 1.807) is 0 Å². The predicted molar refractivity (Wildman–Crippen MR) is 74.8 cm³/mol. The van der Waals surface area contributed by atoms with Crippen molar-refractivity contribution >= 4 is 5.69 Å². The number of aromatic nitrogens is 1. The summed E-state index contributed by atoms with van der Waals surface area (Å²) in [7, 11) is 0. The van der Waals surface area contributed by atoms with E-state index in [4.69, 9.17) is 0 Å². The summed E-state index contributed by atoms with van der Waals surface area (Å²) < 4.78 is 0. The molecule has 18 heavy (non-hydrogen) atoms. The highest BCUT2D eigenvalue weighted by molar-refractivity contribution is 5.54. The lowest BCUT2D eigenvalue weighted by Crippen LogP contribution is -2.29. The summed E-state index contributed by atoms with van der Waals surface area (Å²) in [6.07, 6.45) is 10.4. The van der Waals surface area contributed by atoms with Crippen LogP contribution in [0.1, 0.15) is 30.5 Å². The van der Waals surface area contributed by atoms with Crippen LogP contribution in [0.4, 0.5) is 5.69 Å². The molecule has 0 saturated heterocycles. The topological polar surface area (TPSA) is 28.2 Å². The first kappa shape index (κ1) is 11.7. The summed E-state index contributed by atoms with van der Waals surface area (Å²) in [6.45, 7) is 5.17. The van der Waals surface area contributed by atoms with Crippen molar-refractivity contribution in [2.45, 2.75) is 38.8 Å². The molecule has 0 unspecified atom stereocenters. The second kappa shape index (κ2) is 5.11. The van der Waals surface area contributed by atoms with Gasteiger partial charge in [-0.2, -0.15) is 0 Å². The number of hydrogen-bond donors (Lipinski definition) is 1. The third kappa shape index (κ3) is 2.72. The molecule has 0 atom stereocenters. The maximum atomic E-state index is 4.45. The highest BCUT2D eigenvalue weighted by atomic mass is 15.1. The van der Waals surface area contributed by atoms with Gasteiger partial charge in [0, 0.05) is 48.8 Å². The molecule has 1 N–H and O–H groups in total. The van der Waals surface area contributed by atoms with Crippen LogP contribution in [0.15, 0.2) is 24.4 Å². The molecule has 2 heterocycles. The van der Waals surface area contributed by atoms with E-state index < -0.39 is 0 Å². The number of nitrogens with one attached hydrogen (secondary N) is 1. The first-order chi connectivity index (χ1) is 8.83. The van der Waals surface area contributed by atoms with Crippen LogP contribution in [0.5, 0.6) is 0 Å². The lowest BCUT2D eigenvalue weighted by molar-refractivity contribution is 0.681. The largest absolute Gasteiger partial charge is 0.367 e. The Labute approximate surface area is 109 Å². The van der Waals surface area contributed by atoms with Crippen molar-refractivity contribution in [1.29, 1.82) is 0 Å². The van der Waals surface area contributed by atoms with Gasteiger partial charge in [0.1, 0.15) is 0 Å². The molecule has 1 aromatic rings. The fraction of sp³-hybridized carbons (Fsp3) is 0.533. The summed E-state index contributed by atoms with van der Waals surface area (Å²) in [6, 6.07) is 2.98. The normalized spacial score (nSPS) is 19.3. The Morgan fingerprint density at radius 3 is 3.00 bits per heavy atom. The van der Waals surface area contributed by atoms with Crippen molar-refractivity contribution in [3.63, 3.8) is 0 Å². The number of nitrogens with zero attached hydrogens (tertiary/aromatic N) is 2. The monoisotopic (exact) mass is 243 g/mol. The Morgan fingerprint density at radius 2 is 2.28 bits per heavy atom. The molecule has 0 spiro atoms. The lowest BCUT2D eigenvalue weighted by Gasteiger charge is -2.28. The minimum atomic E-state index is 0.750. The molecule has 1 aliphatic carbocycles. The molecule has 0 bridgehead atoms. The Balaban J connectivity index is 1.79. The average Bonchev–Trinajstić information content (AvgIpc) is 3.22. The van der Waals surface area contributed by atoms with Gasteiger partial charge in [0.25, 0.3) is 0 Å². The number of hydrogen-bond acceptors (Lipinski definition) is 3. The van der Waals surface area contributed by atoms with Crippen molar-refractivity contribution in [3.8, 4) is 0 Å². The summed E-state index contributed by atoms with van der Waals surface area (Å²) in [5.74, 6) is 0. The van der Waals surface area contributed by atoms with Gasteiger partial charge in [0.05, 0.1) is 0 Å². The number of pyridine rings is 1. The maximum Gasteiger partial charge on any atom is 0.0448 e. The van der Waals surface area contributed by atoms with Crippen molar-refractivity contribution in [2.24, 2.45) is 0 Å². The lowest BCUT2D eigenvalue weighted by atomic mass is 10.1. The van der Waals surface area contributed by atoms with Gasteiger partial charge < -0.3 is 10.2 Å². The summed E-state index contributed by atoms with van der Waals surface area (Å²) >= 11 is 0. The highest BCUT2D eigenvalue weighted by Crippen LogP contribution is 2.25. The molecule has 3 heteroatoms. The first-order valence-electron chi connectivity index (χ1n) is 6.92. The Morgan fingerprint density at radius 1 is 1.39 bits per heavy atom. The van der Waals surface area contributed by atoms with Crippen LogP contribution in [0.2, 0.25) is 0 Å². The Hall–Kier alpha value is -1.35. The molecule has 0 radical (unpaired) electrons. The van der Waals surface area contributed by atoms with Crippen LogP contribution < -0.4 is 10.2 Å². The number of rotatable bonds is 4. The zero-order valence-electron chi connectivity index (χ0n) is 11.0. The second-order valence-electron chi connectivity index (χ2n) is 5.32. The molecule has 1 saturated carbocycles. The summed E-state index contributed by atoms with van der Waals surface area (Å²) in [5.41, 5.74) is 3.80. The molecule has 0 aromatic carbocycles. The van der Waals surface area contributed by atoms with E-state index in [-0.39, 0.29) is 0 Å². The fourth-order valence-corrected chi connectivity index (χ4v) is 2.41. The molecule has 3 nitrogen and oxygen atoms in total. The molecule has 0 amide bonds. The molecular formula is C15H21N3. The van der Waals surface area contributed by atoms with E-state index in [0.717, 1.165) is 37.8 Å². The zero-order chi connectivity index (χ0) is 12.4. The molecule has 1 aromatic heterocycles. The van der Waals surface area contributed by atoms with Crippen LogP contribution >= 0.6 is 0 Å². The van der Waals surface area contributed by atoms with Crippen LogP contribution in [0.3, 0.4) is 0 Å². The minimum Gasteiger partial charge on any atom is -0.367 e. The van der Waals surface area contributed by atoms with E-state index in [9.17, 15) is 0 Å². The third-order valence-electron chi connectivity index (χ3n) is 3.66. The second-order valence-corrected chi connectivity index (χ2v) is 5.32. The van der Waals surface area contributed by atoms with Crippen molar-refractivity contribution < 1.29 is 0 Å². The molecule has 1 fully saturated rings. The van der Waals surface area contributed by atoms with Gasteiger partial charge in [-0.25, -0.2) is 0 Å². The number of anilines is 1. The van der Waals surface area contributed by atoms with Gasteiger partial charge in [-0.15, -0.1) is 0 Å². The molecule has 96 valence electrons. The van der Waals surface area contributed by atoms with Crippen molar-refractivity contribution in [1.82, 2.24) is 10.3 Å². The molecule has 2 aliphatic rings. The van der Waals surface area contributed by atoms with Gasteiger partial charge in [-0.1, -0.05) is 12.2 Å².